The van der Waals surface area contributed by atoms with Gasteiger partial charge in [0.1, 0.15) is 11.6 Å². The van der Waals surface area contributed by atoms with E-state index < -0.39 is 12.4 Å². The van der Waals surface area contributed by atoms with Gasteiger partial charge in [-0.25, -0.2) is 4.39 Å². The van der Waals surface area contributed by atoms with E-state index in [-0.39, 0.29) is 35.7 Å². The Balaban J connectivity index is 1.63. The molecule has 2 aliphatic carbocycles. The molecule has 2 fully saturated rings. The lowest BCUT2D eigenvalue weighted by Gasteiger charge is -2.43. The molecule has 2 atom stereocenters. The van der Waals surface area contributed by atoms with Crippen molar-refractivity contribution in [3.8, 4) is 5.75 Å². The van der Waals surface area contributed by atoms with E-state index in [1.165, 1.54) is 12.1 Å². The van der Waals surface area contributed by atoms with Gasteiger partial charge < -0.3 is 15.8 Å². The predicted molar refractivity (Wildman–Crippen MR) is 86.4 cm³/mol. The molecule has 3 N–H and O–H groups in total. The Bertz CT molecular complexity index is 612. The first-order valence-electron chi connectivity index (χ1n) is 8.71. The lowest BCUT2D eigenvalue weighted by molar-refractivity contribution is -0.128. The molecule has 0 saturated heterocycles. The number of carbonyl (C=O) groups excluding carboxylic acids is 1. The number of amides is 1. The lowest BCUT2D eigenvalue weighted by Crippen LogP contribution is -2.49. The first kappa shape index (κ1) is 18.0. The SMILES string of the molecule is NC1C2CCCC1CC(C(=O)NCc1c(F)cccc1OC(F)F)C2. The van der Waals surface area contributed by atoms with E-state index >= 15 is 0 Å². The van der Waals surface area contributed by atoms with Crippen LogP contribution in [-0.4, -0.2) is 18.6 Å². The van der Waals surface area contributed by atoms with Gasteiger partial charge in [0, 0.05) is 24.1 Å². The topological polar surface area (TPSA) is 64.4 Å². The van der Waals surface area contributed by atoms with E-state index in [4.69, 9.17) is 5.73 Å². The first-order valence-corrected chi connectivity index (χ1v) is 8.71. The Kier molecular flexibility index (Phi) is 5.51. The van der Waals surface area contributed by atoms with Gasteiger partial charge in [0.25, 0.3) is 0 Å². The fraction of sp³-hybridized carbons (Fsp3) is 0.611. The second-order valence-corrected chi connectivity index (χ2v) is 7.01. The van der Waals surface area contributed by atoms with Crippen molar-refractivity contribution < 1.29 is 22.7 Å². The Morgan fingerprint density at radius 3 is 2.60 bits per heavy atom. The number of halogens is 3. The summed E-state index contributed by atoms with van der Waals surface area (Å²) in [7, 11) is 0. The van der Waals surface area contributed by atoms with E-state index in [9.17, 15) is 18.0 Å². The Morgan fingerprint density at radius 2 is 1.96 bits per heavy atom. The molecule has 0 radical (unpaired) electrons. The van der Waals surface area contributed by atoms with E-state index in [2.05, 4.69) is 10.1 Å². The van der Waals surface area contributed by atoms with Gasteiger partial charge in [-0.3, -0.25) is 4.79 Å². The molecule has 2 unspecified atom stereocenters. The van der Waals surface area contributed by atoms with Crippen molar-refractivity contribution in [1.82, 2.24) is 5.32 Å². The van der Waals surface area contributed by atoms with Gasteiger partial charge in [0.15, 0.2) is 0 Å². The van der Waals surface area contributed by atoms with Gasteiger partial charge >= 0.3 is 6.61 Å². The molecule has 1 aromatic carbocycles. The van der Waals surface area contributed by atoms with Gasteiger partial charge in [-0.05, 0) is 49.7 Å². The van der Waals surface area contributed by atoms with Gasteiger partial charge in [-0.2, -0.15) is 8.78 Å². The summed E-state index contributed by atoms with van der Waals surface area (Å²) in [5.41, 5.74) is 6.16. The van der Waals surface area contributed by atoms with Crippen LogP contribution >= 0.6 is 0 Å². The molecule has 0 heterocycles. The normalized spacial score (nSPS) is 28.7. The van der Waals surface area contributed by atoms with Crippen LogP contribution in [0.25, 0.3) is 0 Å². The minimum absolute atomic E-state index is 0.0659. The number of fused-ring (bicyclic) bond motifs is 2. The van der Waals surface area contributed by atoms with E-state index in [0.29, 0.717) is 11.8 Å². The average Bonchev–Trinajstić information content (AvgIpc) is 2.53. The van der Waals surface area contributed by atoms with Crippen LogP contribution in [0.4, 0.5) is 13.2 Å². The molecule has 2 saturated carbocycles. The summed E-state index contributed by atoms with van der Waals surface area (Å²) >= 11 is 0. The van der Waals surface area contributed by atoms with Crippen molar-refractivity contribution >= 4 is 5.91 Å². The molecule has 1 amide bonds. The maximum absolute atomic E-state index is 13.9. The highest BCUT2D eigenvalue weighted by atomic mass is 19.3. The molecule has 0 aromatic heterocycles. The maximum Gasteiger partial charge on any atom is 0.387 e. The molecule has 3 rings (SSSR count). The van der Waals surface area contributed by atoms with Crippen molar-refractivity contribution in [2.24, 2.45) is 23.5 Å². The summed E-state index contributed by atoms with van der Waals surface area (Å²) in [5, 5.41) is 2.68. The zero-order valence-corrected chi connectivity index (χ0v) is 13.9. The summed E-state index contributed by atoms with van der Waals surface area (Å²) in [4.78, 5) is 12.5. The molecule has 4 nitrogen and oxygen atoms in total. The third-order valence-electron chi connectivity index (χ3n) is 5.52. The van der Waals surface area contributed by atoms with Crippen LogP contribution in [0.2, 0.25) is 0 Å². The van der Waals surface area contributed by atoms with Crippen molar-refractivity contribution in [3.63, 3.8) is 0 Å². The number of alkyl halides is 2. The number of benzene rings is 1. The Morgan fingerprint density at radius 1 is 1.28 bits per heavy atom. The molecule has 0 spiro atoms. The van der Waals surface area contributed by atoms with Crippen molar-refractivity contribution in [1.29, 1.82) is 0 Å². The van der Waals surface area contributed by atoms with Gasteiger partial charge in [-0.1, -0.05) is 12.5 Å². The van der Waals surface area contributed by atoms with Crippen LogP contribution in [0.1, 0.15) is 37.7 Å². The number of nitrogens with two attached hydrogens (primary N) is 1. The average molecular weight is 356 g/mol. The number of rotatable bonds is 5. The third-order valence-corrected chi connectivity index (χ3v) is 5.52. The molecule has 0 aliphatic heterocycles. The Labute approximate surface area is 144 Å². The van der Waals surface area contributed by atoms with Crippen LogP contribution in [0.15, 0.2) is 18.2 Å². The number of hydrogen-bond donors (Lipinski definition) is 2. The minimum Gasteiger partial charge on any atom is -0.434 e. The molecule has 2 aliphatic rings. The van der Waals surface area contributed by atoms with Crippen LogP contribution in [0.5, 0.6) is 5.75 Å². The van der Waals surface area contributed by atoms with Crippen molar-refractivity contribution in [2.75, 3.05) is 0 Å². The third kappa shape index (κ3) is 4.08. The largest absolute Gasteiger partial charge is 0.434 e. The Hall–Kier alpha value is -1.76. The molecular weight excluding hydrogens is 333 g/mol. The fourth-order valence-electron chi connectivity index (χ4n) is 4.24. The highest BCUT2D eigenvalue weighted by Crippen LogP contribution is 2.41. The fourth-order valence-corrected chi connectivity index (χ4v) is 4.24. The highest BCUT2D eigenvalue weighted by Gasteiger charge is 2.40. The number of carbonyl (C=O) groups is 1. The van der Waals surface area contributed by atoms with Crippen LogP contribution < -0.4 is 15.8 Å². The van der Waals surface area contributed by atoms with E-state index in [1.807, 2.05) is 0 Å². The smallest absolute Gasteiger partial charge is 0.387 e. The zero-order valence-electron chi connectivity index (χ0n) is 13.9. The van der Waals surface area contributed by atoms with Crippen LogP contribution in [0.3, 0.4) is 0 Å². The number of nitrogens with one attached hydrogen (secondary N) is 1. The highest BCUT2D eigenvalue weighted by molar-refractivity contribution is 5.78. The number of ether oxygens (including phenoxy) is 1. The van der Waals surface area contributed by atoms with E-state index in [1.54, 1.807) is 0 Å². The summed E-state index contributed by atoms with van der Waals surface area (Å²) in [6.45, 7) is -3.22. The van der Waals surface area contributed by atoms with Crippen molar-refractivity contribution in [3.05, 3.63) is 29.6 Å². The van der Waals surface area contributed by atoms with Crippen LogP contribution in [0, 0.1) is 23.6 Å². The van der Waals surface area contributed by atoms with E-state index in [0.717, 1.165) is 38.2 Å². The second-order valence-electron chi connectivity index (χ2n) is 7.01. The number of hydrogen-bond acceptors (Lipinski definition) is 3. The second kappa shape index (κ2) is 7.64. The van der Waals surface area contributed by atoms with Gasteiger partial charge in [-0.15, -0.1) is 0 Å². The molecule has 2 bridgehead atoms. The van der Waals surface area contributed by atoms with Gasteiger partial charge in [0.2, 0.25) is 5.91 Å². The summed E-state index contributed by atoms with van der Waals surface area (Å²) in [6.07, 6.45) is 4.71. The van der Waals surface area contributed by atoms with Gasteiger partial charge in [0.05, 0.1) is 0 Å². The summed E-state index contributed by atoms with van der Waals surface area (Å²) in [5.74, 6) is -0.543. The van der Waals surface area contributed by atoms with Crippen molar-refractivity contribution in [2.45, 2.75) is 51.3 Å². The monoisotopic (exact) mass is 356 g/mol. The lowest BCUT2D eigenvalue weighted by atomic mass is 9.65. The zero-order chi connectivity index (χ0) is 18.0. The minimum atomic E-state index is -3.05. The predicted octanol–water partition coefficient (Wildman–Crippen LogP) is 3.20. The quantitative estimate of drug-likeness (QED) is 0.852. The molecule has 7 heteroatoms. The summed E-state index contributed by atoms with van der Waals surface area (Å²) in [6, 6.07) is 3.88. The first-order chi connectivity index (χ1) is 12.0. The molecular formula is C18H23F3N2O2. The molecule has 138 valence electrons. The summed E-state index contributed by atoms with van der Waals surface area (Å²) < 4.78 is 43.2. The van der Waals surface area contributed by atoms with Crippen LogP contribution in [-0.2, 0) is 11.3 Å². The standard InChI is InChI=1S/C18H23F3N2O2/c19-14-5-2-6-15(25-18(20)21)13(14)9-23-17(24)12-7-10-3-1-4-11(8-12)16(10)22/h2,5-6,10-12,16,18H,1,3-4,7-9,22H2,(H,23,24). The maximum atomic E-state index is 13.9. The molecule has 1 aromatic rings. The molecule has 25 heavy (non-hydrogen) atoms.